The molecule has 0 fully saturated rings. The average Bonchev–Trinajstić information content (AvgIpc) is 2.37. The highest BCUT2D eigenvalue weighted by Crippen LogP contribution is 2.20. The number of anilines is 1. The lowest BCUT2D eigenvalue weighted by molar-refractivity contribution is 0.318. The molecule has 0 spiro atoms. The second-order valence-corrected chi connectivity index (χ2v) is 6.33. The zero-order valence-corrected chi connectivity index (χ0v) is 11.7. The zero-order valence-electron chi connectivity index (χ0n) is 10.8. The fraction of sp³-hybridized carbons (Fsp3) is 0.583. The number of hydrogen-bond donors (Lipinski definition) is 1. The van der Waals surface area contributed by atoms with E-state index >= 15 is 0 Å². The number of ether oxygens (including phenoxy) is 1. The molecule has 102 valence electrons. The van der Waals surface area contributed by atoms with Gasteiger partial charge >= 0.3 is 0 Å². The van der Waals surface area contributed by atoms with Crippen LogP contribution in [0.1, 0.15) is 20.3 Å². The highest BCUT2D eigenvalue weighted by Gasteiger charge is 2.08. The molecule has 0 unspecified atom stereocenters. The molecule has 0 saturated carbocycles. The third kappa shape index (κ3) is 4.91. The molecule has 0 aliphatic carbocycles. The molecule has 0 atom stereocenters. The van der Waals surface area contributed by atoms with Crippen molar-refractivity contribution in [3.63, 3.8) is 0 Å². The summed E-state index contributed by atoms with van der Waals surface area (Å²) in [5.74, 6) is 1.52. The van der Waals surface area contributed by atoms with Gasteiger partial charge in [-0.1, -0.05) is 13.8 Å². The van der Waals surface area contributed by atoms with E-state index in [2.05, 4.69) is 10.3 Å². The molecule has 0 saturated heterocycles. The van der Waals surface area contributed by atoms with Crippen molar-refractivity contribution < 1.29 is 13.2 Å². The Balaban J connectivity index is 2.56. The molecule has 5 nitrogen and oxygen atoms in total. The molecule has 18 heavy (non-hydrogen) atoms. The van der Waals surface area contributed by atoms with Gasteiger partial charge in [0.25, 0.3) is 0 Å². The summed E-state index contributed by atoms with van der Waals surface area (Å²) in [6, 6.07) is 3.61. The van der Waals surface area contributed by atoms with Crippen LogP contribution in [0.15, 0.2) is 18.3 Å². The Bertz CT molecular complexity index is 460. The van der Waals surface area contributed by atoms with E-state index in [1.165, 1.54) is 0 Å². The first kappa shape index (κ1) is 14.8. The van der Waals surface area contributed by atoms with Gasteiger partial charge in [-0.05, 0) is 18.6 Å². The molecule has 1 aromatic heterocycles. The normalized spacial score (nSPS) is 11.2. The lowest BCUT2D eigenvalue weighted by Gasteiger charge is -2.11. The van der Waals surface area contributed by atoms with Crippen LogP contribution in [-0.2, 0) is 9.84 Å². The molecule has 6 heteroatoms. The lowest BCUT2D eigenvalue weighted by Crippen LogP contribution is -2.18. The minimum atomic E-state index is -2.95. The smallest absolute Gasteiger partial charge is 0.168 e. The Morgan fingerprint density at radius 1 is 1.39 bits per heavy atom. The van der Waals surface area contributed by atoms with Gasteiger partial charge in [0.15, 0.2) is 21.4 Å². The van der Waals surface area contributed by atoms with Crippen molar-refractivity contribution >= 4 is 15.7 Å². The minimum Gasteiger partial charge on any atom is -0.490 e. The SMILES string of the molecule is CCCOc1cccnc1NCCS(=O)(=O)CC. The molecular weight excluding hydrogens is 252 g/mol. The van der Waals surface area contributed by atoms with E-state index in [1.54, 1.807) is 19.2 Å². The van der Waals surface area contributed by atoms with Crippen molar-refractivity contribution in [3.8, 4) is 5.75 Å². The molecule has 0 aliphatic rings. The Morgan fingerprint density at radius 3 is 2.83 bits per heavy atom. The highest BCUT2D eigenvalue weighted by atomic mass is 32.2. The van der Waals surface area contributed by atoms with Gasteiger partial charge in [-0.25, -0.2) is 13.4 Å². The van der Waals surface area contributed by atoms with E-state index in [4.69, 9.17) is 4.74 Å². The van der Waals surface area contributed by atoms with Gasteiger partial charge < -0.3 is 10.1 Å². The van der Waals surface area contributed by atoms with Crippen LogP contribution in [0.25, 0.3) is 0 Å². The van der Waals surface area contributed by atoms with Crippen molar-refractivity contribution in [3.05, 3.63) is 18.3 Å². The summed E-state index contributed by atoms with van der Waals surface area (Å²) in [5.41, 5.74) is 0. The first-order valence-corrected chi connectivity index (χ1v) is 7.93. The summed E-state index contributed by atoms with van der Waals surface area (Å²) in [5, 5.41) is 3.00. The molecule has 1 rings (SSSR count). The van der Waals surface area contributed by atoms with Gasteiger partial charge in [-0.2, -0.15) is 0 Å². The lowest BCUT2D eigenvalue weighted by atomic mass is 10.4. The second-order valence-electron chi connectivity index (χ2n) is 3.86. The Morgan fingerprint density at radius 2 is 2.17 bits per heavy atom. The number of nitrogens with zero attached hydrogens (tertiary/aromatic N) is 1. The van der Waals surface area contributed by atoms with Crippen molar-refractivity contribution in [1.82, 2.24) is 4.98 Å². The average molecular weight is 272 g/mol. The molecule has 0 aromatic carbocycles. The van der Waals surface area contributed by atoms with E-state index in [-0.39, 0.29) is 11.5 Å². The van der Waals surface area contributed by atoms with Crippen molar-refractivity contribution in [2.75, 3.05) is 30.0 Å². The molecule has 1 heterocycles. The third-order valence-corrected chi connectivity index (χ3v) is 4.08. The summed E-state index contributed by atoms with van der Waals surface area (Å²) >= 11 is 0. The van der Waals surface area contributed by atoms with E-state index in [0.29, 0.717) is 24.7 Å². The van der Waals surface area contributed by atoms with Gasteiger partial charge in [0.1, 0.15) is 0 Å². The first-order chi connectivity index (χ1) is 8.59. The number of rotatable bonds is 8. The summed E-state index contributed by atoms with van der Waals surface area (Å²) in [6.45, 7) is 4.63. The third-order valence-electron chi connectivity index (χ3n) is 2.38. The topological polar surface area (TPSA) is 68.3 Å². The van der Waals surface area contributed by atoms with Crippen LogP contribution in [0, 0.1) is 0 Å². The molecule has 1 N–H and O–H groups in total. The predicted octanol–water partition coefficient (Wildman–Crippen LogP) is 1.72. The van der Waals surface area contributed by atoms with E-state index in [0.717, 1.165) is 6.42 Å². The summed E-state index contributed by atoms with van der Waals surface area (Å²) in [4.78, 5) is 4.15. The molecular formula is C12H20N2O3S. The molecule has 0 bridgehead atoms. The quantitative estimate of drug-likeness (QED) is 0.780. The second kappa shape index (κ2) is 7.20. The van der Waals surface area contributed by atoms with Crippen LogP contribution < -0.4 is 10.1 Å². The molecule has 0 aliphatic heterocycles. The van der Waals surface area contributed by atoms with Crippen LogP contribution in [0.5, 0.6) is 5.75 Å². The van der Waals surface area contributed by atoms with Crippen LogP contribution in [0.2, 0.25) is 0 Å². The van der Waals surface area contributed by atoms with E-state index < -0.39 is 9.84 Å². The maximum absolute atomic E-state index is 11.4. The Labute approximate surface area is 108 Å². The predicted molar refractivity (Wildman–Crippen MR) is 72.8 cm³/mol. The maximum Gasteiger partial charge on any atom is 0.168 e. The molecule has 0 radical (unpaired) electrons. The summed E-state index contributed by atoms with van der Waals surface area (Å²) in [6.07, 6.45) is 2.56. The van der Waals surface area contributed by atoms with Crippen molar-refractivity contribution in [1.29, 1.82) is 0 Å². The number of aromatic nitrogens is 1. The number of pyridine rings is 1. The number of sulfone groups is 1. The molecule has 0 amide bonds. The Kier molecular flexibility index (Phi) is 5.91. The number of hydrogen-bond acceptors (Lipinski definition) is 5. The minimum absolute atomic E-state index is 0.104. The van der Waals surface area contributed by atoms with Gasteiger partial charge in [0.05, 0.1) is 12.4 Å². The highest BCUT2D eigenvalue weighted by molar-refractivity contribution is 7.91. The largest absolute Gasteiger partial charge is 0.490 e. The van der Waals surface area contributed by atoms with E-state index in [1.807, 2.05) is 13.0 Å². The summed E-state index contributed by atoms with van der Waals surface area (Å²) in [7, 11) is -2.95. The maximum atomic E-state index is 11.4. The Hall–Kier alpha value is -1.30. The van der Waals surface area contributed by atoms with Gasteiger partial charge in [-0.3, -0.25) is 0 Å². The van der Waals surface area contributed by atoms with E-state index in [9.17, 15) is 8.42 Å². The zero-order chi connectivity index (χ0) is 13.4. The molecule has 1 aromatic rings. The van der Waals surface area contributed by atoms with Crippen molar-refractivity contribution in [2.45, 2.75) is 20.3 Å². The van der Waals surface area contributed by atoms with Crippen molar-refractivity contribution in [2.24, 2.45) is 0 Å². The van der Waals surface area contributed by atoms with Crippen LogP contribution in [0.4, 0.5) is 5.82 Å². The van der Waals surface area contributed by atoms with Gasteiger partial charge in [-0.15, -0.1) is 0 Å². The first-order valence-electron chi connectivity index (χ1n) is 6.11. The van der Waals surface area contributed by atoms with Crippen LogP contribution in [-0.4, -0.2) is 38.1 Å². The van der Waals surface area contributed by atoms with Gasteiger partial charge in [0, 0.05) is 18.5 Å². The standard InChI is InChI=1S/C12H20N2O3S/c1-3-9-17-11-6-5-7-13-12(11)14-8-10-18(15,16)4-2/h5-7H,3-4,8-10H2,1-2H3,(H,13,14). The van der Waals surface area contributed by atoms with Gasteiger partial charge in [0.2, 0.25) is 0 Å². The summed E-state index contributed by atoms with van der Waals surface area (Å²) < 4.78 is 28.2. The fourth-order valence-electron chi connectivity index (χ4n) is 1.32. The fourth-order valence-corrected chi connectivity index (χ4v) is 2.02. The number of nitrogens with one attached hydrogen (secondary N) is 1. The van der Waals surface area contributed by atoms with Crippen LogP contribution >= 0.6 is 0 Å². The monoisotopic (exact) mass is 272 g/mol. The van der Waals surface area contributed by atoms with Crippen LogP contribution in [0.3, 0.4) is 0 Å².